The second-order valence-corrected chi connectivity index (χ2v) is 9.64. The highest BCUT2D eigenvalue weighted by Crippen LogP contribution is 2.58. The minimum absolute atomic E-state index is 0.0750. The number of fused-ring (bicyclic) bond motifs is 5. The Bertz CT molecular complexity index is 1070. The van der Waals surface area contributed by atoms with E-state index >= 15 is 0 Å². The molecule has 1 aromatic carbocycles. The van der Waals surface area contributed by atoms with Crippen molar-refractivity contribution in [3.05, 3.63) is 52.3 Å². The number of pyridine rings is 1. The van der Waals surface area contributed by atoms with Gasteiger partial charge in [-0.25, -0.2) is 0 Å². The molecule has 0 fully saturated rings. The minimum atomic E-state index is -0.855. The van der Waals surface area contributed by atoms with Gasteiger partial charge >= 0.3 is 0 Å². The van der Waals surface area contributed by atoms with Gasteiger partial charge in [-0.1, -0.05) is 36.7 Å². The maximum Gasteiger partial charge on any atom is 0.160 e. The fourth-order valence-corrected chi connectivity index (χ4v) is 5.77. The zero-order chi connectivity index (χ0) is 21.6. The Balaban J connectivity index is 2.11. The third kappa shape index (κ3) is 3.14. The van der Waals surface area contributed by atoms with Gasteiger partial charge in [0.2, 0.25) is 0 Å². The third-order valence-electron chi connectivity index (χ3n) is 6.74. The van der Waals surface area contributed by atoms with E-state index in [9.17, 15) is 5.11 Å². The monoisotopic (exact) mass is 470 g/mol. The van der Waals surface area contributed by atoms with Gasteiger partial charge in [0, 0.05) is 57.5 Å². The zero-order valence-corrected chi connectivity index (χ0v) is 20.0. The lowest BCUT2D eigenvalue weighted by molar-refractivity contribution is -0.171. The first kappa shape index (κ1) is 21.5. The smallest absolute Gasteiger partial charge is 0.160 e. The molecule has 4 nitrogen and oxygen atoms in total. The quantitative estimate of drug-likeness (QED) is 0.420. The first-order valence-corrected chi connectivity index (χ1v) is 11.7. The van der Waals surface area contributed by atoms with Crippen molar-refractivity contribution in [3.8, 4) is 11.3 Å². The summed E-state index contributed by atoms with van der Waals surface area (Å²) in [5.74, 6) is 0.278. The molecule has 0 radical (unpaired) electrons. The molecule has 2 unspecified atom stereocenters. The Morgan fingerprint density at radius 1 is 1.23 bits per heavy atom. The molecule has 3 aromatic rings. The van der Waals surface area contributed by atoms with Crippen LogP contribution in [0.2, 0.25) is 0 Å². The maximum atomic E-state index is 11.0. The van der Waals surface area contributed by atoms with E-state index in [2.05, 4.69) is 72.5 Å². The first-order chi connectivity index (χ1) is 14.4. The molecule has 2 heterocycles. The fraction of sp³-hybridized carbons (Fsp3) is 0.480. The molecule has 160 valence electrons. The summed E-state index contributed by atoms with van der Waals surface area (Å²) in [6, 6.07) is 10.8. The largest absolute Gasteiger partial charge is 0.367 e. The van der Waals surface area contributed by atoms with E-state index in [4.69, 9.17) is 9.72 Å². The molecule has 0 aliphatic heterocycles. The lowest BCUT2D eigenvalue weighted by atomic mass is 9.62. The maximum absolute atomic E-state index is 11.0. The van der Waals surface area contributed by atoms with Crippen molar-refractivity contribution >= 4 is 26.8 Å². The van der Waals surface area contributed by atoms with Crippen molar-refractivity contribution in [3.63, 3.8) is 0 Å². The molecule has 1 aliphatic rings. The van der Waals surface area contributed by atoms with Crippen molar-refractivity contribution in [2.75, 3.05) is 6.61 Å². The third-order valence-corrected chi connectivity index (χ3v) is 7.23. The first-order valence-electron chi connectivity index (χ1n) is 10.9. The summed E-state index contributed by atoms with van der Waals surface area (Å²) in [5.41, 5.74) is 5.63. The second kappa shape index (κ2) is 8.10. The standard InChI is InChI=1S/C25H31BrN2O2/c1-6-16-21(25(4,5)24(29)30-8-3)20-18-14-15(26)11-12-19(18)28(7-2)23(20)17-10-9-13-27-22(16)17/h9-14,16,21,24,29H,6-8H2,1-5H3/t16-,21?,24?/m0/s1. The summed E-state index contributed by atoms with van der Waals surface area (Å²) >= 11 is 3.68. The SMILES string of the molecule is CCOC(O)C(C)(C)C1c2c(n(CC)c3ccc(Br)cc23)-c2cccnc2[C@H]1CC. The van der Waals surface area contributed by atoms with Gasteiger partial charge in [0.1, 0.15) is 0 Å². The number of aliphatic hydroxyl groups is 1. The van der Waals surface area contributed by atoms with E-state index in [1.807, 2.05) is 19.2 Å². The molecule has 0 bridgehead atoms. The number of aryl methyl sites for hydroxylation is 1. The van der Waals surface area contributed by atoms with Gasteiger partial charge < -0.3 is 14.4 Å². The molecule has 0 saturated heterocycles. The second-order valence-electron chi connectivity index (χ2n) is 8.73. The van der Waals surface area contributed by atoms with E-state index in [-0.39, 0.29) is 11.8 Å². The number of ether oxygens (including phenoxy) is 1. The van der Waals surface area contributed by atoms with Gasteiger partial charge in [-0.2, -0.15) is 0 Å². The molecular formula is C25H31BrN2O2. The lowest BCUT2D eigenvalue weighted by Gasteiger charge is -2.45. The van der Waals surface area contributed by atoms with E-state index in [1.165, 1.54) is 27.7 Å². The molecule has 5 heteroatoms. The van der Waals surface area contributed by atoms with Gasteiger partial charge in [0.15, 0.2) is 6.29 Å². The molecule has 0 saturated carbocycles. The van der Waals surface area contributed by atoms with Crippen LogP contribution in [0.4, 0.5) is 0 Å². The summed E-state index contributed by atoms with van der Waals surface area (Å²) < 4.78 is 9.21. The van der Waals surface area contributed by atoms with Crippen LogP contribution in [0.1, 0.15) is 64.1 Å². The number of nitrogens with zero attached hydrogens (tertiary/aromatic N) is 2. The van der Waals surface area contributed by atoms with Crippen molar-refractivity contribution in [2.45, 2.75) is 65.7 Å². The van der Waals surface area contributed by atoms with Crippen LogP contribution < -0.4 is 0 Å². The molecule has 0 amide bonds. The van der Waals surface area contributed by atoms with E-state index in [1.54, 1.807) is 0 Å². The average Bonchev–Trinajstić information content (AvgIpc) is 3.06. The zero-order valence-electron chi connectivity index (χ0n) is 18.4. The molecule has 4 rings (SSSR count). The molecule has 1 aliphatic carbocycles. The van der Waals surface area contributed by atoms with Crippen LogP contribution in [-0.4, -0.2) is 27.6 Å². The summed E-state index contributed by atoms with van der Waals surface area (Å²) in [7, 11) is 0. The van der Waals surface area contributed by atoms with Crippen LogP contribution >= 0.6 is 15.9 Å². The summed E-state index contributed by atoms with van der Waals surface area (Å²) in [5, 5.41) is 12.3. The van der Waals surface area contributed by atoms with Crippen LogP contribution in [0.15, 0.2) is 41.0 Å². The molecule has 30 heavy (non-hydrogen) atoms. The van der Waals surface area contributed by atoms with Crippen LogP contribution in [-0.2, 0) is 11.3 Å². The highest BCUT2D eigenvalue weighted by atomic mass is 79.9. The summed E-state index contributed by atoms with van der Waals surface area (Å²) in [6.45, 7) is 12.0. The summed E-state index contributed by atoms with van der Waals surface area (Å²) in [4.78, 5) is 4.86. The average molecular weight is 471 g/mol. The molecule has 0 spiro atoms. The number of aromatic nitrogens is 2. The summed E-state index contributed by atoms with van der Waals surface area (Å²) in [6.07, 6.45) is 1.99. The molecule has 2 aromatic heterocycles. The van der Waals surface area contributed by atoms with E-state index in [0.717, 1.165) is 23.1 Å². The van der Waals surface area contributed by atoms with Crippen LogP contribution in [0, 0.1) is 5.41 Å². The van der Waals surface area contributed by atoms with Crippen LogP contribution in [0.25, 0.3) is 22.2 Å². The predicted octanol–water partition coefficient (Wildman–Crippen LogP) is 6.46. The lowest BCUT2D eigenvalue weighted by Crippen LogP contribution is -2.41. The Hall–Kier alpha value is -1.69. The number of aliphatic hydroxyl groups excluding tert-OH is 1. The Kier molecular flexibility index (Phi) is 5.82. The van der Waals surface area contributed by atoms with E-state index in [0.29, 0.717) is 6.61 Å². The normalized spacial score (nSPS) is 19.6. The fourth-order valence-electron chi connectivity index (χ4n) is 5.40. The van der Waals surface area contributed by atoms with Gasteiger partial charge in [-0.3, -0.25) is 4.98 Å². The molecule has 1 N–H and O–H groups in total. The number of halogens is 1. The predicted molar refractivity (Wildman–Crippen MR) is 126 cm³/mol. The Morgan fingerprint density at radius 2 is 2.00 bits per heavy atom. The highest BCUT2D eigenvalue weighted by molar-refractivity contribution is 9.10. The van der Waals surface area contributed by atoms with Crippen molar-refractivity contribution in [1.82, 2.24) is 9.55 Å². The van der Waals surface area contributed by atoms with Crippen LogP contribution in [0.3, 0.4) is 0 Å². The molecule has 3 atom stereocenters. The van der Waals surface area contributed by atoms with Crippen molar-refractivity contribution in [1.29, 1.82) is 0 Å². The van der Waals surface area contributed by atoms with Crippen LogP contribution in [0.5, 0.6) is 0 Å². The topological polar surface area (TPSA) is 47.3 Å². The van der Waals surface area contributed by atoms with Gasteiger partial charge in [-0.05, 0) is 56.2 Å². The van der Waals surface area contributed by atoms with Gasteiger partial charge in [0.25, 0.3) is 0 Å². The highest BCUT2D eigenvalue weighted by Gasteiger charge is 2.48. The van der Waals surface area contributed by atoms with Gasteiger partial charge in [0.05, 0.1) is 11.4 Å². The van der Waals surface area contributed by atoms with Gasteiger partial charge in [-0.15, -0.1) is 0 Å². The van der Waals surface area contributed by atoms with Crippen molar-refractivity contribution in [2.24, 2.45) is 5.41 Å². The van der Waals surface area contributed by atoms with Crippen molar-refractivity contribution < 1.29 is 9.84 Å². The Morgan fingerprint density at radius 3 is 2.67 bits per heavy atom. The number of hydrogen-bond donors (Lipinski definition) is 1. The molecular weight excluding hydrogens is 440 g/mol. The minimum Gasteiger partial charge on any atom is -0.367 e. The number of hydrogen-bond acceptors (Lipinski definition) is 3. The Labute approximate surface area is 187 Å². The number of rotatable bonds is 6. The number of benzene rings is 1. The van der Waals surface area contributed by atoms with E-state index < -0.39 is 11.7 Å².